The summed E-state index contributed by atoms with van der Waals surface area (Å²) in [6, 6.07) is 1.44. The zero-order valence-corrected chi connectivity index (χ0v) is 13.4. The van der Waals surface area contributed by atoms with Gasteiger partial charge in [0.2, 0.25) is 15.9 Å². The number of amides is 1. The Morgan fingerprint density at radius 3 is 2.73 bits per heavy atom. The van der Waals surface area contributed by atoms with Gasteiger partial charge in [0, 0.05) is 38.3 Å². The number of hydrogen-bond donors (Lipinski definition) is 0. The number of carbonyl (C=O) groups is 1. The lowest BCUT2D eigenvalue weighted by atomic mass is 10.0. The molecule has 3 heterocycles. The number of hydrogen-bond acceptors (Lipinski definition) is 6. The van der Waals surface area contributed by atoms with Crippen LogP contribution in [-0.4, -0.2) is 72.0 Å². The zero-order chi connectivity index (χ0) is 16.1. The van der Waals surface area contributed by atoms with Gasteiger partial charge >= 0.3 is 0 Å². The Morgan fingerprint density at radius 2 is 2.09 bits per heavy atom. The van der Waals surface area contributed by atoms with Crippen molar-refractivity contribution in [2.45, 2.75) is 19.1 Å². The number of fused-ring (bicyclic) bond motifs is 1. The summed E-state index contributed by atoms with van der Waals surface area (Å²) in [6.07, 6.45) is 2.03. The molecule has 0 spiro atoms. The first-order valence-electron chi connectivity index (χ1n) is 6.95. The van der Waals surface area contributed by atoms with E-state index < -0.39 is 16.1 Å². The first-order valence-corrected chi connectivity index (χ1v) is 8.80. The zero-order valence-electron chi connectivity index (χ0n) is 12.6. The maximum absolute atomic E-state index is 12.4. The van der Waals surface area contributed by atoms with E-state index in [4.69, 9.17) is 4.74 Å². The molecule has 120 valence electrons. The maximum atomic E-state index is 12.4. The minimum atomic E-state index is -3.27. The number of likely N-dealkylation sites (N-methyl/N-ethyl adjacent to an activating group) is 1. The van der Waals surface area contributed by atoms with E-state index in [0.717, 1.165) is 0 Å². The van der Waals surface area contributed by atoms with Gasteiger partial charge in [-0.15, -0.1) is 0 Å². The Labute approximate surface area is 129 Å². The molecule has 0 aromatic carbocycles. The molecule has 0 unspecified atom stereocenters. The van der Waals surface area contributed by atoms with Crippen LogP contribution < -0.4 is 4.74 Å². The molecular formula is C13H18N4O4S. The van der Waals surface area contributed by atoms with Gasteiger partial charge in [0.1, 0.15) is 5.82 Å². The number of ether oxygens (including phenoxy) is 1. The van der Waals surface area contributed by atoms with Gasteiger partial charge < -0.3 is 9.64 Å². The van der Waals surface area contributed by atoms with Crippen molar-refractivity contribution in [3.05, 3.63) is 18.1 Å². The number of aromatic nitrogens is 2. The Hall–Kier alpha value is -1.74. The molecule has 2 saturated heterocycles. The predicted octanol–water partition coefficient (Wildman–Crippen LogP) is -0.736. The highest BCUT2D eigenvalue weighted by atomic mass is 32.2. The monoisotopic (exact) mass is 326 g/mol. The van der Waals surface area contributed by atoms with Gasteiger partial charge in [-0.3, -0.25) is 4.79 Å². The summed E-state index contributed by atoms with van der Waals surface area (Å²) >= 11 is 0. The highest BCUT2D eigenvalue weighted by Gasteiger charge is 2.54. The second-order valence-corrected chi connectivity index (χ2v) is 7.72. The van der Waals surface area contributed by atoms with Crippen LogP contribution in [-0.2, 0) is 14.8 Å². The number of rotatable bonds is 3. The van der Waals surface area contributed by atoms with Crippen LogP contribution >= 0.6 is 0 Å². The molecule has 1 aromatic heterocycles. The van der Waals surface area contributed by atoms with E-state index in [1.807, 2.05) is 0 Å². The lowest BCUT2D eigenvalue weighted by Gasteiger charge is -2.20. The van der Waals surface area contributed by atoms with E-state index >= 15 is 0 Å². The van der Waals surface area contributed by atoms with Crippen LogP contribution in [0, 0.1) is 12.8 Å². The SMILES string of the molecule is Cc1nccc(O[C@@H]2C(=O)N(C)[C@@H]3CN(S(C)(=O)=O)C[C@H]23)n1. The molecular weight excluding hydrogens is 308 g/mol. The fourth-order valence-corrected chi connectivity index (χ4v) is 3.94. The second-order valence-electron chi connectivity index (χ2n) is 5.74. The average Bonchev–Trinajstić information content (AvgIpc) is 2.95. The normalized spacial score (nSPS) is 29.0. The van der Waals surface area contributed by atoms with Gasteiger partial charge in [-0.25, -0.2) is 13.4 Å². The third-order valence-electron chi connectivity index (χ3n) is 4.24. The lowest BCUT2D eigenvalue weighted by molar-refractivity contribution is -0.133. The van der Waals surface area contributed by atoms with E-state index in [9.17, 15) is 13.2 Å². The summed E-state index contributed by atoms with van der Waals surface area (Å²) in [5.74, 6) is 0.552. The second kappa shape index (κ2) is 5.17. The summed E-state index contributed by atoms with van der Waals surface area (Å²) in [5, 5.41) is 0. The Kier molecular flexibility index (Phi) is 3.56. The third kappa shape index (κ3) is 2.54. The molecule has 2 fully saturated rings. The Balaban J connectivity index is 1.84. The number of sulfonamides is 1. The van der Waals surface area contributed by atoms with Crippen LogP contribution in [0.2, 0.25) is 0 Å². The molecule has 0 saturated carbocycles. The fourth-order valence-electron chi connectivity index (χ4n) is 3.07. The summed E-state index contributed by atoms with van der Waals surface area (Å²) in [6.45, 7) is 2.34. The average molecular weight is 326 g/mol. The molecule has 8 nitrogen and oxygen atoms in total. The van der Waals surface area contributed by atoms with Gasteiger partial charge in [0.15, 0.2) is 6.10 Å². The smallest absolute Gasteiger partial charge is 0.264 e. The number of nitrogens with zero attached hydrogens (tertiary/aromatic N) is 4. The first-order chi connectivity index (χ1) is 10.3. The van der Waals surface area contributed by atoms with Gasteiger partial charge in [0.05, 0.1) is 12.3 Å². The molecule has 0 radical (unpaired) electrons. The van der Waals surface area contributed by atoms with Crippen molar-refractivity contribution in [1.82, 2.24) is 19.2 Å². The fraction of sp³-hybridized carbons (Fsp3) is 0.615. The van der Waals surface area contributed by atoms with Crippen molar-refractivity contribution in [2.24, 2.45) is 5.92 Å². The minimum Gasteiger partial charge on any atom is -0.464 e. The largest absolute Gasteiger partial charge is 0.464 e. The molecule has 1 amide bonds. The molecule has 3 rings (SSSR count). The number of aryl methyl sites for hydroxylation is 1. The van der Waals surface area contributed by atoms with Crippen molar-refractivity contribution < 1.29 is 17.9 Å². The summed E-state index contributed by atoms with van der Waals surface area (Å²) in [4.78, 5) is 22.1. The van der Waals surface area contributed by atoms with Crippen LogP contribution in [0.15, 0.2) is 12.3 Å². The number of likely N-dealkylation sites (tertiary alicyclic amines) is 1. The molecule has 3 atom stereocenters. The third-order valence-corrected chi connectivity index (χ3v) is 5.48. The van der Waals surface area contributed by atoms with Gasteiger partial charge in [0.25, 0.3) is 5.91 Å². The standard InChI is InChI=1S/C13H18N4O4S/c1-8-14-5-4-11(15-8)21-12-9-6-17(22(3,19)20)7-10(9)16(2)13(12)18/h4-5,9-10,12H,6-7H2,1-3H3/t9-,10+,12-/m0/s1. The minimum absolute atomic E-state index is 0.139. The number of carbonyl (C=O) groups excluding carboxylic acids is 1. The summed E-state index contributed by atoms with van der Waals surface area (Å²) < 4.78 is 30.6. The maximum Gasteiger partial charge on any atom is 0.264 e. The van der Waals surface area contributed by atoms with Crippen molar-refractivity contribution in [1.29, 1.82) is 0 Å². The van der Waals surface area contributed by atoms with Crippen molar-refractivity contribution in [3.8, 4) is 5.88 Å². The van der Waals surface area contributed by atoms with Gasteiger partial charge in [-0.2, -0.15) is 9.29 Å². The highest BCUT2D eigenvalue weighted by molar-refractivity contribution is 7.88. The van der Waals surface area contributed by atoms with Crippen molar-refractivity contribution in [3.63, 3.8) is 0 Å². The van der Waals surface area contributed by atoms with Crippen LogP contribution in [0.5, 0.6) is 5.88 Å². The van der Waals surface area contributed by atoms with Gasteiger partial charge in [-0.05, 0) is 6.92 Å². The molecule has 9 heteroatoms. The molecule has 2 aliphatic rings. The van der Waals surface area contributed by atoms with E-state index in [1.165, 1.54) is 10.6 Å². The topological polar surface area (TPSA) is 92.7 Å². The lowest BCUT2D eigenvalue weighted by Crippen LogP contribution is -2.39. The van der Waals surface area contributed by atoms with E-state index in [-0.39, 0.29) is 24.4 Å². The summed E-state index contributed by atoms with van der Waals surface area (Å²) in [7, 11) is -1.59. The quantitative estimate of drug-likeness (QED) is 0.727. The highest BCUT2D eigenvalue weighted by Crippen LogP contribution is 2.34. The molecule has 0 aliphatic carbocycles. The van der Waals surface area contributed by atoms with Crippen LogP contribution in [0.4, 0.5) is 0 Å². The van der Waals surface area contributed by atoms with Crippen LogP contribution in [0.1, 0.15) is 5.82 Å². The molecule has 22 heavy (non-hydrogen) atoms. The van der Waals surface area contributed by atoms with Crippen molar-refractivity contribution >= 4 is 15.9 Å². The van der Waals surface area contributed by atoms with Crippen molar-refractivity contribution in [2.75, 3.05) is 26.4 Å². The predicted molar refractivity (Wildman–Crippen MR) is 77.6 cm³/mol. The van der Waals surface area contributed by atoms with Gasteiger partial charge in [-0.1, -0.05) is 0 Å². The summed E-state index contributed by atoms with van der Waals surface area (Å²) in [5.41, 5.74) is 0. The van der Waals surface area contributed by atoms with Crippen LogP contribution in [0.25, 0.3) is 0 Å². The first kappa shape index (κ1) is 15.2. The Morgan fingerprint density at radius 1 is 1.36 bits per heavy atom. The van der Waals surface area contributed by atoms with E-state index in [0.29, 0.717) is 18.2 Å². The Bertz CT molecular complexity index is 708. The molecule has 0 N–H and O–H groups in total. The molecule has 0 bridgehead atoms. The van der Waals surface area contributed by atoms with E-state index in [2.05, 4.69) is 9.97 Å². The van der Waals surface area contributed by atoms with E-state index in [1.54, 1.807) is 31.1 Å². The molecule has 2 aliphatic heterocycles. The molecule has 1 aromatic rings. The van der Waals surface area contributed by atoms with Crippen LogP contribution in [0.3, 0.4) is 0 Å².